The summed E-state index contributed by atoms with van der Waals surface area (Å²) in [6, 6.07) is 34.4. The van der Waals surface area contributed by atoms with E-state index in [0.717, 1.165) is 33.8 Å². The molecule has 0 spiro atoms. The van der Waals surface area contributed by atoms with Gasteiger partial charge in [-0.2, -0.15) is 0 Å². The molecule has 0 aliphatic heterocycles. The SMILES string of the molecule is C=C/C=C(\C=C/C)c1ccc(N(c2ccc(B(O)O)cc2)c2ccc(-c3ccccc3)cc2)cc1. The normalized spacial score (nSPS) is 11.5. The van der Waals surface area contributed by atoms with Crippen LogP contribution in [0.3, 0.4) is 0 Å². The molecule has 172 valence electrons. The molecule has 4 aromatic carbocycles. The first-order valence-corrected chi connectivity index (χ1v) is 11.6. The van der Waals surface area contributed by atoms with Crippen molar-refractivity contribution in [1.29, 1.82) is 0 Å². The minimum absolute atomic E-state index is 0.453. The average Bonchev–Trinajstić information content (AvgIpc) is 2.90. The smallest absolute Gasteiger partial charge is 0.423 e. The monoisotopic (exact) mass is 457 g/mol. The van der Waals surface area contributed by atoms with E-state index in [1.54, 1.807) is 18.2 Å². The molecule has 0 atom stereocenters. The number of hydrogen-bond donors (Lipinski definition) is 2. The molecule has 0 bridgehead atoms. The van der Waals surface area contributed by atoms with Gasteiger partial charge in [-0.15, -0.1) is 0 Å². The molecular weight excluding hydrogens is 429 g/mol. The highest BCUT2D eigenvalue weighted by atomic mass is 16.4. The zero-order valence-corrected chi connectivity index (χ0v) is 19.8. The van der Waals surface area contributed by atoms with Crippen molar-refractivity contribution >= 4 is 35.2 Å². The lowest BCUT2D eigenvalue weighted by atomic mass is 9.80. The van der Waals surface area contributed by atoms with Crippen molar-refractivity contribution in [3.63, 3.8) is 0 Å². The van der Waals surface area contributed by atoms with E-state index in [1.165, 1.54) is 5.56 Å². The second-order valence-corrected chi connectivity index (χ2v) is 8.12. The Balaban J connectivity index is 1.75. The van der Waals surface area contributed by atoms with Gasteiger partial charge in [-0.25, -0.2) is 0 Å². The lowest BCUT2D eigenvalue weighted by molar-refractivity contribution is 0.426. The lowest BCUT2D eigenvalue weighted by Crippen LogP contribution is -2.29. The predicted octanol–water partition coefficient (Wildman–Crippen LogP) is 6.65. The number of allylic oxidation sites excluding steroid dienone is 5. The molecule has 0 amide bonds. The Kier molecular flexibility index (Phi) is 7.79. The fourth-order valence-electron chi connectivity index (χ4n) is 4.03. The first-order valence-electron chi connectivity index (χ1n) is 11.6. The maximum Gasteiger partial charge on any atom is 0.488 e. The van der Waals surface area contributed by atoms with Gasteiger partial charge in [0.15, 0.2) is 0 Å². The number of anilines is 3. The second kappa shape index (κ2) is 11.3. The third-order valence-electron chi connectivity index (χ3n) is 5.78. The van der Waals surface area contributed by atoms with Gasteiger partial charge in [-0.1, -0.05) is 97.6 Å². The molecule has 0 aromatic heterocycles. The third-order valence-corrected chi connectivity index (χ3v) is 5.78. The Hall–Kier alpha value is -4.12. The van der Waals surface area contributed by atoms with E-state index in [4.69, 9.17) is 0 Å². The number of nitrogens with zero attached hydrogens (tertiary/aromatic N) is 1. The molecule has 0 heterocycles. The van der Waals surface area contributed by atoms with Gasteiger partial charge in [0.25, 0.3) is 0 Å². The standard InChI is InChI=1S/C31H28BNO2/c1-3-8-24(9-4-2)26-12-18-29(19-13-26)33(31-22-16-28(17-23-31)32(34)35)30-20-14-27(15-21-30)25-10-6-5-7-11-25/h3-23,34-35H,1H2,2H3/b9-4-,24-8+. The number of hydrogen-bond acceptors (Lipinski definition) is 3. The van der Waals surface area contributed by atoms with Crippen LogP contribution in [0.5, 0.6) is 0 Å². The minimum Gasteiger partial charge on any atom is -0.423 e. The van der Waals surface area contributed by atoms with Crippen LogP contribution in [-0.4, -0.2) is 17.2 Å². The van der Waals surface area contributed by atoms with E-state index in [2.05, 4.69) is 78.2 Å². The van der Waals surface area contributed by atoms with Crippen molar-refractivity contribution in [2.24, 2.45) is 0 Å². The summed E-state index contributed by atoms with van der Waals surface area (Å²) in [4.78, 5) is 2.15. The molecule has 2 N–H and O–H groups in total. The largest absolute Gasteiger partial charge is 0.488 e. The van der Waals surface area contributed by atoms with Gasteiger partial charge in [0.1, 0.15) is 0 Å². The third kappa shape index (κ3) is 5.69. The zero-order valence-electron chi connectivity index (χ0n) is 19.8. The zero-order chi connectivity index (χ0) is 24.6. The summed E-state index contributed by atoms with van der Waals surface area (Å²) in [7, 11) is -1.50. The van der Waals surface area contributed by atoms with Gasteiger partial charge in [0, 0.05) is 17.1 Å². The Bertz CT molecular complexity index is 1310. The van der Waals surface area contributed by atoms with Gasteiger partial charge in [0.2, 0.25) is 0 Å². The first kappa shape index (κ1) is 24.0. The maximum absolute atomic E-state index is 9.52. The Morgan fingerprint density at radius 3 is 1.74 bits per heavy atom. The Labute approximate surface area is 207 Å². The molecule has 0 fully saturated rings. The summed E-state index contributed by atoms with van der Waals surface area (Å²) in [6.07, 6.45) is 7.87. The Morgan fingerprint density at radius 1 is 0.714 bits per heavy atom. The van der Waals surface area contributed by atoms with Crippen LogP contribution in [-0.2, 0) is 0 Å². The lowest BCUT2D eigenvalue weighted by Gasteiger charge is -2.26. The number of rotatable bonds is 8. The fraction of sp³-hybridized carbons (Fsp3) is 0.0323. The maximum atomic E-state index is 9.52. The first-order chi connectivity index (χ1) is 17.1. The molecule has 4 aromatic rings. The van der Waals surface area contributed by atoms with E-state index in [1.807, 2.05) is 49.4 Å². The summed E-state index contributed by atoms with van der Waals surface area (Å²) < 4.78 is 0. The van der Waals surface area contributed by atoms with Crippen LogP contribution in [0.4, 0.5) is 17.1 Å². The van der Waals surface area contributed by atoms with Gasteiger partial charge in [0.05, 0.1) is 0 Å². The molecule has 3 nitrogen and oxygen atoms in total. The van der Waals surface area contributed by atoms with E-state index in [-0.39, 0.29) is 0 Å². The van der Waals surface area contributed by atoms with Gasteiger partial charge in [-0.05, 0) is 71.0 Å². The summed E-state index contributed by atoms with van der Waals surface area (Å²) in [5.41, 5.74) is 7.88. The van der Waals surface area contributed by atoms with Crippen molar-refractivity contribution < 1.29 is 10.0 Å². The summed E-state index contributed by atoms with van der Waals surface area (Å²) >= 11 is 0. The summed E-state index contributed by atoms with van der Waals surface area (Å²) in [6.45, 7) is 5.83. The highest BCUT2D eigenvalue weighted by Crippen LogP contribution is 2.36. The number of benzene rings is 4. The molecule has 0 unspecified atom stereocenters. The van der Waals surface area contributed by atoms with Crippen molar-refractivity contribution in [2.45, 2.75) is 6.92 Å². The molecule has 0 aliphatic rings. The highest BCUT2D eigenvalue weighted by molar-refractivity contribution is 6.58. The summed E-state index contributed by atoms with van der Waals surface area (Å²) in [5.74, 6) is 0. The van der Waals surface area contributed by atoms with Gasteiger partial charge in [-0.3, -0.25) is 0 Å². The van der Waals surface area contributed by atoms with Crippen molar-refractivity contribution in [3.05, 3.63) is 140 Å². The quantitative estimate of drug-likeness (QED) is 0.230. The van der Waals surface area contributed by atoms with E-state index in [9.17, 15) is 10.0 Å². The van der Waals surface area contributed by atoms with Gasteiger partial charge < -0.3 is 14.9 Å². The summed E-state index contributed by atoms with van der Waals surface area (Å²) in [5, 5.41) is 19.0. The van der Waals surface area contributed by atoms with Gasteiger partial charge >= 0.3 is 7.12 Å². The van der Waals surface area contributed by atoms with Crippen LogP contribution in [0.15, 0.2) is 134 Å². The molecule has 4 heteroatoms. The van der Waals surface area contributed by atoms with Crippen molar-refractivity contribution in [2.75, 3.05) is 4.90 Å². The molecular formula is C31H28BNO2. The molecule has 0 radical (unpaired) electrons. The second-order valence-electron chi connectivity index (χ2n) is 8.12. The molecule has 0 saturated carbocycles. The van der Waals surface area contributed by atoms with Crippen molar-refractivity contribution in [3.8, 4) is 11.1 Å². The fourth-order valence-corrected chi connectivity index (χ4v) is 4.03. The van der Waals surface area contributed by atoms with Crippen LogP contribution >= 0.6 is 0 Å². The minimum atomic E-state index is -1.50. The highest BCUT2D eigenvalue weighted by Gasteiger charge is 2.15. The molecule has 4 rings (SSSR count). The van der Waals surface area contributed by atoms with Crippen LogP contribution in [0.1, 0.15) is 12.5 Å². The van der Waals surface area contributed by atoms with Crippen molar-refractivity contribution in [1.82, 2.24) is 0 Å². The molecule has 35 heavy (non-hydrogen) atoms. The average molecular weight is 457 g/mol. The van der Waals surface area contributed by atoms with Crippen LogP contribution < -0.4 is 10.4 Å². The van der Waals surface area contributed by atoms with E-state index >= 15 is 0 Å². The topological polar surface area (TPSA) is 43.7 Å². The van der Waals surface area contributed by atoms with E-state index in [0.29, 0.717) is 5.46 Å². The molecule has 0 saturated heterocycles. The van der Waals surface area contributed by atoms with Crippen LogP contribution in [0.25, 0.3) is 16.7 Å². The van der Waals surface area contributed by atoms with Crippen LogP contribution in [0, 0.1) is 0 Å². The molecule has 0 aliphatic carbocycles. The van der Waals surface area contributed by atoms with E-state index < -0.39 is 7.12 Å². The van der Waals surface area contributed by atoms with Crippen LogP contribution in [0.2, 0.25) is 0 Å². The predicted molar refractivity (Wildman–Crippen MR) is 149 cm³/mol. The Morgan fingerprint density at radius 2 is 1.23 bits per heavy atom.